The fourth-order valence-corrected chi connectivity index (χ4v) is 11.4. The Morgan fingerprint density at radius 1 is 0.846 bits per heavy atom. The molecular weight excluding hydrogens is 627 g/mol. The second-order valence-electron chi connectivity index (χ2n) is 13.1. The molecule has 3 nitrogen and oxygen atoms in total. The Labute approximate surface area is 254 Å². The van der Waals surface area contributed by atoms with Gasteiger partial charge in [-0.25, -0.2) is 0 Å². The van der Waals surface area contributed by atoms with Crippen molar-refractivity contribution in [3.05, 3.63) is 82.7 Å². The maximum Gasteiger partial charge on any atom is 0.261 e. The zero-order chi connectivity index (χ0) is 29.3. The van der Waals surface area contributed by atoms with Crippen molar-refractivity contribution >= 4 is 49.6 Å². The van der Waals surface area contributed by atoms with E-state index < -0.39 is 16.6 Å². The largest absolute Gasteiger partial charge is 0.504 e. The number of ether oxygens (including phenoxy) is 1. The van der Waals surface area contributed by atoms with E-state index in [0.717, 1.165) is 19.3 Å². The number of hydrogen-bond acceptors (Lipinski definition) is 3. The third-order valence-corrected chi connectivity index (χ3v) is 18.0. The molecule has 2 rings (SSSR count). The number of halogens is 1. The standard InChI is InChI=1S/C33H51IO3Si2/c1-27(25-28(26-35-8)21-22-29(23-24-34)37-38(9,10)32(2,3)4)36-39(33(5,6)7,30-17-13-11-14-18-30)31-19-15-12-16-20-31/h11-20,23-24,26-27,29H,21-22,25H2,1-10H3/b24-23+,28-26-/t27?,29-/m0/s1. The monoisotopic (exact) mass is 678 g/mol. The Kier molecular flexibility index (Phi) is 12.7. The number of rotatable bonds is 13. The lowest BCUT2D eigenvalue weighted by Crippen LogP contribution is -2.67. The van der Waals surface area contributed by atoms with Crippen LogP contribution in [0.25, 0.3) is 0 Å². The van der Waals surface area contributed by atoms with Gasteiger partial charge in [0, 0.05) is 6.10 Å². The lowest BCUT2D eigenvalue weighted by Gasteiger charge is -2.44. The molecule has 2 atom stereocenters. The molecule has 39 heavy (non-hydrogen) atoms. The average Bonchev–Trinajstić information content (AvgIpc) is 2.85. The molecule has 0 saturated carbocycles. The van der Waals surface area contributed by atoms with Crippen LogP contribution in [0.5, 0.6) is 0 Å². The SMILES string of the molecule is CO/C=C(/CC[C@@H](/C=C/I)O[Si](C)(C)C(C)(C)C)CC(C)O[Si](c1ccccc1)(c1ccccc1)C(C)(C)C. The summed E-state index contributed by atoms with van der Waals surface area (Å²) < 4.78 is 21.8. The molecule has 0 spiro atoms. The van der Waals surface area contributed by atoms with Gasteiger partial charge in [0.15, 0.2) is 8.32 Å². The van der Waals surface area contributed by atoms with Gasteiger partial charge in [-0.2, -0.15) is 0 Å². The van der Waals surface area contributed by atoms with Crippen molar-refractivity contribution in [1.82, 2.24) is 0 Å². The molecular formula is C33H51IO3Si2. The van der Waals surface area contributed by atoms with Crippen molar-refractivity contribution in [3.8, 4) is 0 Å². The lowest BCUT2D eigenvalue weighted by atomic mass is 10.0. The quantitative estimate of drug-likeness (QED) is 0.120. The summed E-state index contributed by atoms with van der Waals surface area (Å²) in [7, 11) is -2.75. The summed E-state index contributed by atoms with van der Waals surface area (Å²) in [5, 5.41) is 2.74. The van der Waals surface area contributed by atoms with Gasteiger partial charge in [-0.3, -0.25) is 0 Å². The van der Waals surface area contributed by atoms with Crippen LogP contribution >= 0.6 is 22.6 Å². The molecule has 0 amide bonds. The highest BCUT2D eigenvalue weighted by Crippen LogP contribution is 2.39. The summed E-state index contributed by atoms with van der Waals surface area (Å²) in [6.07, 6.45) is 6.89. The van der Waals surface area contributed by atoms with E-state index in [9.17, 15) is 0 Å². The van der Waals surface area contributed by atoms with Crippen LogP contribution < -0.4 is 10.4 Å². The van der Waals surface area contributed by atoms with Crippen LogP contribution in [0.15, 0.2) is 82.7 Å². The van der Waals surface area contributed by atoms with Crippen LogP contribution in [0.1, 0.15) is 67.7 Å². The van der Waals surface area contributed by atoms with Crippen molar-refractivity contribution in [2.24, 2.45) is 0 Å². The number of benzene rings is 2. The third kappa shape index (κ3) is 9.15. The number of hydrogen-bond donors (Lipinski definition) is 0. The highest BCUT2D eigenvalue weighted by atomic mass is 127. The fourth-order valence-electron chi connectivity index (χ4n) is 4.94. The molecule has 1 unspecified atom stereocenters. The molecule has 0 radical (unpaired) electrons. The van der Waals surface area contributed by atoms with Crippen molar-refractivity contribution in [2.75, 3.05) is 7.11 Å². The summed E-state index contributed by atoms with van der Waals surface area (Å²) in [5.41, 5.74) is 1.26. The van der Waals surface area contributed by atoms with Crippen LogP contribution in [0.2, 0.25) is 23.2 Å². The molecule has 0 N–H and O–H groups in total. The van der Waals surface area contributed by atoms with Gasteiger partial charge in [0.05, 0.1) is 19.5 Å². The molecule has 0 aliphatic heterocycles. The maximum absolute atomic E-state index is 7.33. The van der Waals surface area contributed by atoms with E-state index in [4.69, 9.17) is 13.6 Å². The minimum absolute atomic E-state index is 0.0255. The van der Waals surface area contributed by atoms with Crippen LogP contribution in [-0.2, 0) is 13.6 Å². The molecule has 0 bridgehead atoms. The molecule has 0 fully saturated rings. The first kappa shape index (κ1) is 34.0. The zero-order valence-electron chi connectivity index (χ0n) is 25.9. The van der Waals surface area contributed by atoms with Crippen molar-refractivity contribution in [1.29, 1.82) is 0 Å². The van der Waals surface area contributed by atoms with E-state index >= 15 is 0 Å². The van der Waals surface area contributed by atoms with Gasteiger partial charge in [-0.15, -0.1) is 0 Å². The zero-order valence-corrected chi connectivity index (χ0v) is 30.0. The highest BCUT2D eigenvalue weighted by Gasteiger charge is 2.51. The Bertz CT molecular complexity index is 1010. The summed E-state index contributed by atoms with van der Waals surface area (Å²) in [6.45, 7) is 20.8. The predicted molar refractivity (Wildman–Crippen MR) is 182 cm³/mol. The minimum atomic E-state index is -2.61. The van der Waals surface area contributed by atoms with Gasteiger partial charge < -0.3 is 13.6 Å². The first-order chi connectivity index (χ1) is 18.2. The van der Waals surface area contributed by atoms with E-state index in [1.165, 1.54) is 15.9 Å². The molecule has 0 saturated heterocycles. The maximum atomic E-state index is 7.33. The molecule has 216 valence electrons. The Balaban J connectivity index is 2.32. The van der Waals surface area contributed by atoms with Crippen LogP contribution in [-0.4, -0.2) is 36.0 Å². The van der Waals surface area contributed by atoms with Gasteiger partial charge in [-0.05, 0) is 69.4 Å². The Morgan fingerprint density at radius 3 is 1.77 bits per heavy atom. The predicted octanol–water partition coefficient (Wildman–Crippen LogP) is 8.99. The van der Waals surface area contributed by atoms with E-state index in [-0.39, 0.29) is 22.3 Å². The van der Waals surface area contributed by atoms with Gasteiger partial charge in [0.1, 0.15) is 0 Å². The summed E-state index contributed by atoms with van der Waals surface area (Å²) in [4.78, 5) is 0. The number of methoxy groups -OCH3 is 1. The smallest absolute Gasteiger partial charge is 0.261 e. The van der Waals surface area contributed by atoms with Gasteiger partial charge in [-0.1, -0.05) is 131 Å². The van der Waals surface area contributed by atoms with Gasteiger partial charge >= 0.3 is 0 Å². The molecule has 2 aromatic rings. The second kappa shape index (κ2) is 14.6. The normalized spacial score (nSPS) is 15.4. The average molecular weight is 679 g/mol. The molecule has 2 aromatic carbocycles. The van der Waals surface area contributed by atoms with Crippen molar-refractivity contribution in [3.63, 3.8) is 0 Å². The van der Waals surface area contributed by atoms with Crippen LogP contribution in [0.4, 0.5) is 0 Å². The topological polar surface area (TPSA) is 27.7 Å². The summed E-state index contributed by atoms with van der Waals surface area (Å²) >= 11 is 2.30. The van der Waals surface area contributed by atoms with E-state index in [0.29, 0.717) is 0 Å². The molecule has 0 heterocycles. The van der Waals surface area contributed by atoms with Crippen LogP contribution in [0.3, 0.4) is 0 Å². The first-order valence-corrected chi connectivity index (χ1v) is 20.2. The first-order valence-electron chi connectivity index (χ1n) is 14.1. The van der Waals surface area contributed by atoms with Crippen LogP contribution in [0, 0.1) is 0 Å². The molecule has 0 aromatic heterocycles. The van der Waals surface area contributed by atoms with Crippen molar-refractivity contribution in [2.45, 2.75) is 103 Å². The van der Waals surface area contributed by atoms with E-state index in [2.05, 4.69) is 155 Å². The minimum Gasteiger partial charge on any atom is -0.504 e. The third-order valence-electron chi connectivity index (χ3n) is 7.92. The van der Waals surface area contributed by atoms with Gasteiger partial charge in [0.2, 0.25) is 0 Å². The summed E-state index contributed by atoms with van der Waals surface area (Å²) in [5.74, 6) is 0. The Morgan fingerprint density at radius 2 is 1.36 bits per heavy atom. The second-order valence-corrected chi connectivity index (χ2v) is 22.8. The van der Waals surface area contributed by atoms with Gasteiger partial charge in [0.25, 0.3) is 8.32 Å². The van der Waals surface area contributed by atoms with E-state index in [1.807, 2.05) is 6.26 Å². The van der Waals surface area contributed by atoms with E-state index in [1.54, 1.807) is 7.11 Å². The highest BCUT2D eigenvalue weighted by molar-refractivity contribution is 14.1. The fraction of sp³-hybridized carbons (Fsp3) is 0.515. The Hall–Kier alpha value is -1.20. The lowest BCUT2D eigenvalue weighted by molar-refractivity contribution is 0.196. The summed E-state index contributed by atoms with van der Waals surface area (Å²) in [6, 6.07) is 21.7. The molecule has 0 aliphatic rings. The van der Waals surface area contributed by atoms with Crippen molar-refractivity contribution < 1.29 is 13.6 Å². The molecule has 0 aliphatic carbocycles. The molecule has 6 heteroatoms.